The van der Waals surface area contributed by atoms with Crippen molar-refractivity contribution >= 4 is 11.7 Å². The van der Waals surface area contributed by atoms with Gasteiger partial charge < -0.3 is 15.1 Å². The van der Waals surface area contributed by atoms with E-state index in [4.69, 9.17) is 5.26 Å². The second kappa shape index (κ2) is 5.93. The Kier molecular flexibility index (Phi) is 3.99. The standard InChI is InChI=1S/C16H21N5O/c1-16(4-5-18-12-16)15(22)21-8-6-20(7-9-21)14-3-2-13(10-17)11-19-14/h2-3,11,18H,4-9,12H2,1H3/t16-/m0/s1. The molecule has 0 saturated carbocycles. The highest BCUT2D eigenvalue weighted by molar-refractivity contribution is 5.83. The molecule has 2 saturated heterocycles. The molecule has 2 aliphatic heterocycles. The highest BCUT2D eigenvalue weighted by Crippen LogP contribution is 2.28. The normalized spacial score (nSPS) is 25.1. The first-order valence-corrected chi connectivity index (χ1v) is 7.74. The van der Waals surface area contributed by atoms with Crippen molar-refractivity contribution in [3.63, 3.8) is 0 Å². The fourth-order valence-corrected chi connectivity index (χ4v) is 3.16. The Hall–Kier alpha value is -2.13. The van der Waals surface area contributed by atoms with Crippen LogP contribution in [0, 0.1) is 16.7 Å². The first kappa shape index (κ1) is 14.8. The Bertz CT molecular complexity index is 578. The largest absolute Gasteiger partial charge is 0.353 e. The summed E-state index contributed by atoms with van der Waals surface area (Å²) in [5.74, 6) is 1.14. The molecular formula is C16H21N5O. The quantitative estimate of drug-likeness (QED) is 0.866. The van der Waals surface area contributed by atoms with Gasteiger partial charge in [-0.1, -0.05) is 0 Å². The molecule has 2 aliphatic rings. The Balaban J connectivity index is 1.60. The lowest BCUT2D eigenvalue weighted by molar-refractivity contribution is -0.140. The number of amides is 1. The minimum Gasteiger partial charge on any atom is -0.353 e. The lowest BCUT2D eigenvalue weighted by atomic mass is 9.88. The van der Waals surface area contributed by atoms with E-state index in [0.29, 0.717) is 5.56 Å². The molecule has 6 heteroatoms. The predicted octanol–water partition coefficient (Wildman–Crippen LogP) is 0.601. The number of rotatable bonds is 2. The zero-order chi connectivity index (χ0) is 15.6. The van der Waals surface area contributed by atoms with Crippen LogP contribution in [0.2, 0.25) is 0 Å². The third kappa shape index (κ3) is 2.77. The third-order valence-electron chi connectivity index (χ3n) is 4.65. The monoisotopic (exact) mass is 299 g/mol. The summed E-state index contributed by atoms with van der Waals surface area (Å²) in [6, 6.07) is 5.73. The van der Waals surface area contributed by atoms with Gasteiger partial charge >= 0.3 is 0 Å². The molecule has 1 aromatic rings. The van der Waals surface area contributed by atoms with E-state index >= 15 is 0 Å². The van der Waals surface area contributed by atoms with E-state index in [1.165, 1.54) is 0 Å². The lowest BCUT2D eigenvalue weighted by Crippen LogP contribution is -2.53. The van der Waals surface area contributed by atoms with Crippen molar-refractivity contribution in [2.24, 2.45) is 5.41 Å². The van der Waals surface area contributed by atoms with Gasteiger partial charge in [-0.25, -0.2) is 4.98 Å². The summed E-state index contributed by atoms with van der Waals surface area (Å²) in [5.41, 5.74) is 0.328. The number of carbonyl (C=O) groups excluding carboxylic acids is 1. The van der Waals surface area contributed by atoms with Crippen molar-refractivity contribution in [1.82, 2.24) is 15.2 Å². The van der Waals surface area contributed by atoms with Gasteiger partial charge in [0.25, 0.3) is 0 Å². The SMILES string of the molecule is C[C@]1(C(=O)N2CCN(c3ccc(C#N)cn3)CC2)CCNC1. The number of anilines is 1. The highest BCUT2D eigenvalue weighted by atomic mass is 16.2. The van der Waals surface area contributed by atoms with Crippen LogP contribution >= 0.6 is 0 Å². The van der Waals surface area contributed by atoms with Gasteiger partial charge in [0.15, 0.2) is 0 Å². The summed E-state index contributed by atoms with van der Waals surface area (Å²) in [6.07, 6.45) is 2.52. The second-order valence-electron chi connectivity index (χ2n) is 6.28. The summed E-state index contributed by atoms with van der Waals surface area (Å²) in [4.78, 5) is 21.1. The Morgan fingerprint density at radius 2 is 2.14 bits per heavy atom. The average molecular weight is 299 g/mol. The minimum atomic E-state index is -0.241. The maximum absolute atomic E-state index is 12.7. The number of nitriles is 1. The minimum absolute atomic E-state index is 0.241. The van der Waals surface area contributed by atoms with Crippen LogP contribution in [0.25, 0.3) is 0 Å². The number of piperazine rings is 1. The summed E-state index contributed by atoms with van der Waals surface area (Å²) >= 11 is 0. The van der Waals surface area contributed by atoms with Crippen molar-refractivity contribution in [1.29, 1.82) is 5.26 Å². The van der Waals surface area contributed by atoms with Crippen LogP contribution < -0.4 is 10.2 Å². The molecule has 1 aromatic heterocycles. The van der Waals surface area contributed by atoms with Crippen molar-refractivity contribution in [2.45, 2.75) is 13.3 Å². The van der Waals surface area contributed by atoms with Crippen LogP contribution in [-0.4, -0.2) is 55.1 Å². The summed E-state index contributed by atoms with van der Waals surface area (Å²) in [7, 11) is 0. The van der Waals surface area contributed by atoms with Crippen LogP contribution in [0.5, 0.6) is 0 Å². The van der Waals surface area contributed by atoms with E-state index in [2.05, 4.69) is 28.2 Å². The van der Waals surface area contributed by atoms with Crippen molar-refractivity contribution < 1.29 is 4.79 Å². The molecule has 0 radical (unpaired) electrons. The topological polar surface area (TPSA) is 72.3 Å². The Labute approximate surface area is 130 Å². The molecule has 1 N–H and O–H groups in total. The van der Waals surface area contributed by atoms with Gasteiger partial charge in [0.05, 0.1) is 11.0 Å². The fraction of sp³-hybridized carbons (Fsp3) is 0.562. The van der Waals surface area contributed by atoms with Crippen molar-refractivity contribution in [3.05, 3.63) is 23.9 Å². The molecule has 0 aromatic carbocycles. The molecule has 3 heterocycles. The van der Waals surface area contributed by atoms with E-state index in [9.17, 15) is 4.79 Å². The Morgan fingerprint density at radius 1 is 1.36 bits per heavy atom. The number of carbonyl (C=O) groups is 1. The molecule has 0 unspecified atom stereocenters. The number of aromatic nitrogens is 1. The summed E-state index contributed by atoms with van der Waals surface area (Å²) < 4.78 is 0. The first-order chi connectivity index (χ1) is 10.6. The van der Waals surface area contributed by atoms with Gasteiger partial charge in [-0.15, -0.1) is 0 Å². The molecule has 0 aliphatic carbocycles. The number of pyridine rings is 1. The number of nitrogens with one attached hydrogen (secondary N) is 1. The van der Waals surface area contributed by atoms with Crippen molar-refractivity contribution in [2.75, 3.05) is 44.2 Å². The Morgan fingerprint density at radius 3 is 2.68 bits per heavy atom. The molecule has 1 amide bonds. The third-order valence-corrected chi connectivity index (χ3v) is 4.65. The smallest absolute Gasteiger partial charge is 0.229 e. The molecule has 3 rings (SSSR count). The number of hydrogen-bond acceptors (Lipinski definition) is 5. The van der Waals surface area contributed by atoms with Gasteiger partial charge in [0.2, 0.25) is 5.91 Å². The first-order valence-electron chi connectivity index (χ1n) is 7.74. The van der Waals surface area contributed by atoms with E-state index < -0.39 is 0 Å². The zero-order valence-corrected chi connectivity index (χ0v) is 12.9. The fourth-order valence-electron chi connectivity index (χ4n) is 3.16. The van der Waals surface area contributed by atoms with Crippen LogP contribution in [0.15, 0.2) is 18.3 Å². The summed E-state index contributed by atoms with van der Waals surface area (Å²) in [6.45, 7) is 6.80. The molecule has 1 atom stereocenters. The molecule has 6 nitrogen and oxygen atoms in total. The molecular weight excluding hydrogens is 278 g/mol. The van der Waals surface area contributed by atoms with Gasteiger partial charge in [0, 0.05) is 38.9 Å². The molecule has 0 bridgehead atoms. The second-order valence-corrected chi connectivity index (χ2v) is 6.28. The number of nitrogens with zero attached hydrogens (tertiary/aromatic N) is 4. The average Bonchev–Trinajstić information content (AvgIpc) is 3.02. The zero-order valence-electron chi connectivity index (χ0n) is 12.9. The summed E-state index contributed by atoms with van der Waals surface area (Å²) in [5, 5.41) is 12.1. The van der Waals surface area contributed by atoms with Crippen LogP contribution in [0.1, 0.15) is 18.9 Å². The van der Waals surface area contributed by atoms with Crippen LogP contribution in [0.4, 0.5) is 5.82 Å². The van der Waals surface area contributed by atoms with Crippen molar-refractivity contribution in [3.8, 4) is 6.07 Å². The van der Waals surface area contributed by atoms with E-state index in [-0.39, 0.29) is 11.3 Å². The van der Waals surface area contributed by atoms with Crippen LogP contribution in [0.3, 0.4) is 0 Å². The van der Waals surface area contributed by atoms with Gasteiger partial charge in [0.1, 0.15) is 11.9 Å². The highest BCUT2D eigenvalue weighted by Gasteiger charge is 2.39. The molecule has 2 fully saturated rings. The van der Waals surface area contributed by atoms with Gasteiger partial charge in [-0.05, 0) is 32.0 Å². The van der Waals surface area contributed by atoms with E-state index in [0.717, 1.165) is 51.5 Å². The maximum atomic E-state index is 12.7. The maximum Gasteiger partial charge on any atom is 0.229 e. The van der Waals surface area contributed by atoms with E-state index in [1.54, 1.807) is 12.3 Å². The molecule has 116 valence electrons. The van der Waals surface area contributed by atoms with Crippen LogP contribution in [-0.2, 0) is 4.79 Å². The number of hydrogen-bond donors (Lipinski definition) is 1. The van der Waals surface area contributed by atoms with E-state index in [1.807, 2.05) is 11.0 Å². The molecule has 22 heavy (non-hydrogen) atoms. The van der Waals surface area contributed by atoms with Gasteiger partial charge in [-0.2, -0.15) is 5.26 Å². The lowest BCUT2D eigenvalue weighted by Gasteiger charge is -2.38. The van der Waals surface area contributed by atoms with Gasteiger partial charge in [-0.3, -0.25) is 4.79 Å². The predicted molar refractivity (Wildman–Crippen MR) is 83.3 cm³/mol. The molecule has 0 spiro atoms.